The molecule has 0 amide bonds. The van der Waals surface area contributed by atoms with Gasteiger partial charge >= 0.3 is 0 Å². The van der Waals surface area contributed by atoms with Gasteiger partial charge in [0.05, 0.1) is 11.8 Å². The minimum Gasteiger partial charge on any atom is -0.455 e. The van der Waals surface area contributed by atoms with Crippen LogP contribution in [0.5, 0.6) is 11.5 Å². The van der Waals surface area contributed by atoms with Crippen molar-refractivity contribution in [2.75, 3.05) is 37.6 Å². The van der Waals surface area contributed by atoms with Crippen molar-refractivity contribution in [1.29, 1.82) is 0 Å². The number of aldehydes is 1. The van der Waals surface area contributed by atoms with Crippen LogP contribution in [0.1, 0.15) is 49.9 Å². The number of halogens is 1. The summed E-state index contributed by atoms with van der Waals surface area (Å²) in [5.74, 6) is 1.16. The van der Waals surface area contributed by atoms with Crippen LogP contribution in [0.25, 0.3) is 11.0 Å². The summed E-state index contributed by atoms with van der Waals surface area (Å²) in [6, 6.07) is 9.74. The molecule has 0 bridgehead atoms. The molecule has 0 unspecified atom stereocenters. The zero-order chi connectivity index (χ0) is 28.4. The zero-order valence-corrected chi connectivity index (χ0v) is 24.6. The monoisotopic (exact) mass is 568 g/mol. The molecule has 212 valence electrons. The van der Waals surface area contributed by atoms with Crippen LogP contribution in [-0.2, 0) is 0 Å². The van der Waals surface area contributed by atoms with E-state index in [-0.39, 0.29) is 0 Å². The Kier molecular flexibility index (Phi) is 7.87. The van der Waals surface area contributed by atoms with Gasteiger partial charge in [0.2, 0.25) is 0 Å². The molecule has 1 fully saturated rings. The lowest BCUT2D eigenvalue weighted by molar-refractivity contribution is 0.112. The lowest BCUT2D eigenvalue weighted by atomic mass is 9.72. The molecule has 0 spiro atoms. The molecular formula is C34H37ClN4O2. The Labute approximate surface area is 247 Å². The number of fused-ring (bicyclic) bond motifs is 1. The Balaban J connectivity index is 1.15. The van der Waals surface area contributed by atoms with Crippen molar-refractivity contribution in [1.82, 2.24) is 14.9 Å². The summed E-state index contributed by atoms with van der Waals surface area (Å²) in [6.07, 6.45) is 17.4. The van der Waals surface area contributed by atoms with Crippen molar-refractivity contribution >= 4 is 34.6 Å². The number of anilines is 1. The molecule has 6 rings (SSSR count). The number of rotatable bonds is 7. The fraction of sp³-hybridized carbons (Fsp3) is 0.353. The van der Waals surface area contributed by atoms with Crippen molar-refractivity contribution in [3.8, 4) is 11.5 Å². The number of H-pyrrole nitrogens is 1. The highest BCUT2D eigenvalue weighted by atomic mass is 35.5. The number of nitrogens with one attached hydrogen (secondary N) is 1. The van der Waals surface area contributed by atoms with E-state index in [0.717, 1.165) is 80.0 Å². The average Bonchev–Trinajstić information content (AvgIpc) is 3.33. The maximum absolute atomic E-state index is 11.8. The first-order valence-electron chi connectivity index (χ1n) is 14.5. The van der Waals surface area contributed by atoms with Gasteiger partial charge in [-0.25, -0.2) is 4.98 Å². The van der Waals surface area contributed by atoms with Gasteiger partial charge in [0.25, 0.3) is 0 Å². The minimum atomic E-state index is 0.312. The third-order valence-electron chi connectivity index (χ3n) is 8.49. The topological polar surface area (TPSA) is 61.5 Å². The summed E-state index contributed by atoms with van der Waals surface area (Å²) >= 11 is 6.30. The molecule has 1 aliphatic heterocycles. The number of nitrogens with zero attached hydrogens (tertiary/aromatic N) is 3. The molecule has 7 heteroatoms. The number of benzene rings is 1. The van der Waals surface area contributed by atoms with Crippen LogP contribution in [0.15, 0.2) is 88.8 Å². The van der Waals surface area contributed by atoms with Crippen LogP contribution < -0.4 is 9.64 Å². The van der Waals surface area contributed by atoms with Crippen molar-refractivity contribution in [2.45, 2.75) is 39.5 Å². The molecule has 0 saturated carbocycles. The summed E-state index contributed by atoms with van der Waals surface area (Å²) in [5, 5.41) is 1.78. The number of aromatic amines is 1. The van der Waals surface area contributed by atoms with E-state index in [4.69, 9.17) is 16.3 Å². The Hall–Kier alpha value is -3.61. The number of ether oxygens (including phenoxy) is 1. The predicted molar refractivity (Wildman–Crippen MR) is 167 cm³/mol. The van der Waals surface area contributed by atoms with E-state index < -0.39 is 0 Å². The number of piperazine rings is 1. The van der Waals surface area contributed by atoms with Crippen LogP contribution in [0, 0.1) is 5.41 Å². The first kappa shape index (κ1) is 27.6. The van der Waals surface area contributed by atoms with Gasteiger partial charge < -0.3 is 14.6 Å². The van der Waals surface area contributed by atoms with Gasteiger partial charge in [-0.1, -0.05) is 49.2 Å². The molecule has 41 heavy (non-hydrogen) atoms. The maximum atomic E-state index is 11.8. The lowest BCUT2D eigenvalue weighted by Gasteiger charge is -2.39. The SMILES string of the molecule is CC1(C)CCC(CN2CCN(c3ccc(C=O)c(Oc4cnc5[nH]ccc5c4)c3)CC2)=C(C2=CCC=C(Cl)C=C2)C1. The fourth-order valence-electron chi connectivity index (χ4n) is 6.08. The summed E-state index contributed by atoms with van der Waals surface area (Å²) in [7, 11) is 0. The van der Waals surface area contributed by atoms with Gasteiger partial charge in [-0.3, -0.25) is 9.69 Å². The zero-order valence-electron chi connectivity index (χ0n) is 23.8. The largest absolute Gasteiger partial charge is 0.455 e. The van der Waals surface area contributed by atoms with Crippen LogP contribution in [0.3, 0.4) is 0 Å². The Morgan fingerprint density at radius 1 is 1.10 bits per heavy atom. The van der Waals surface area contributed by atoms with Crippen molar-refractivity contribution < 1.29 is 9.53 Å². The van der Waals surface area contributed by atoms with Gasteiger partial charge in [-0.15, -0.1) is 0 Å². The molecule has 1 saturated heterocycles. The third-order valence-corrected chi connectivity index (χ3v) is 8.77. The highest BCUT2D eigenvalue weighted by molar-refractivity contribution is 6.31. The van der Waals surface area contributed by atoms with E-state index in [1.165, 1.54) is 17.6 Å². The van der Waals surface area contributed by atoms with Crippen LogP contribution in [-0.4, -0.2) is 53.9 Å². The number of carbonyl (C=O) groups excluding carboxylic acids is 1. The molecular weight excluding hydrogens is 532 g/mol. The predicted octanol–water partition coefficient (Wildman–Crippen LogP) is 7.81. The summed E-state index contributed by atoms with van der Waals surface area (Å²) in [4.78, 5) is 24.3. The highest BCUT2D eigenvalue weighted by Gasteiger charge is 2.30. The van der Waals surface area contributed by atoms with Gasteiger partial charge in [0, 0.05) is 61.1 Å². The summed E-state index contributed by atoms with van der Waals surface area (Å²) < 4.78 is 6.16. The van der Waals surface area contributed by atoms with Crippen molar-refractivity contribution in [2.24, 2.45) is 5.41 Å². The standard InChI is InChI=1S/C34H37ClN4O2/c1-34(2)12-10-26(31(20-34)24-4-3-5-28(35)8-6-24)22-38-14-16-39(17-15-38)29-9-7-27(23-40)32(19-29)41-30-18-25-11-13-36-33(25)37-21-30/h4-9,11,13,18-19,21,23H,3,10,12,14-17,20,22H2,1-2H3,(H,36,37). The van der Waals surface area contributed by atoms with Crippen LogP contribution in [0.4, 0.5) is 5.69 Å². The van der Waals surface area contributed by atoms with E-state index in [1.54, 1.807) is 11.8 Å². The summed E-state index contributed by atoms with van der Waals surface area (Å²) in [5.41, 5.74) is 7.14. The number of pyridine rings is 1. The molecule has 2 aromatic heterocycles. The quantitative estimate of drug-likeness (QED) is 0.295. The molecule has 3 heterocycles. The molecule has 6 nitrogen and oxygen atoms in total. The molecule has 2 aliphatic carbocycles. The second kappa shape index (κ2) is 11.7. The highest BCUT2D eigenvalue weighted by Crippen LogP contribution is 2.42. The van der Waals surface area contributed by atoms with Gasteiger partial charge in [-0.05, 0) is 72.6 Å². The third kappa shape index (κ3) is 6.34. The van der Waals surface area contributed by atoms with E-state index in [2.05, 4.69) is 51.8 Å². The molecule has 0 atom stereocenters. The molecule has 1 aromatic carbocycles. The first-order valence-corrected chi connectivity index (χ1v) is 14.9. The fourth-order valence-corrected chi connectivity index (χ4v) is 6.23. The second-order valence-corrected chi connectivity index (χ2v) is 12.5. The number of hydrogen-bond donors (Lipinski definition) is 1. The maximum Gasteiger partial charge on any atom is 0.153 e. The number of aromatic nitrogens is 2. The first-order chi connectivity index (χ1) is 19.9. The molecule has 0 radical (unpaired) electrons. The van der Waals surface area contributed by atoms with Gasteiger partial charge in [-0.2, -0.15) is 0 Å². The molecule has 1 N–H and O–H groups in total. The number of allylic oxidation sites excluding steroid dienone is 7. The van der Waals surface area contributed by atoms with Crippen molar-refractivity contribution in [3.63, 3.8) is 0 Å². The summed E-state index contributed by atoms with van der Waals surface area (Å²) in [6.45, 7) is 9.61. The minimum absolute atomic E-state index is 0.312. The smallest absolute Gasteiger partial charge is 0.153 e. The lowest BCUT2D eigenvalue weighted by Crippen LogP contribution is -2.47. The van der Waals surface area contributed by atoms with Gasteiger partial charge in [0.15, 0.2) is 6.29 Å². The molecule has 3 aromatic rings. The van der Waals surface area contributed by atoms with Gasteiger partial charge in [0.1, 0.15) is 17.1 Å². The normalized spacial score (nSPS) is 19.6. The Morgan fingerprint density at radius 2 is 1.95 bits per heavy atom. The number of carbonyl (C=O) groups is 1. The van der Waals surface area contributed by atoms with Crippen LogP contribution in [0.2, 0.25) is 0 Å². The van der Waals surface area contributed by atoms with E-state index in [9.17, 15) is 4.79 Å². The Bertz CT molecular complexity index is 1570. The van der Waals surface area contributed by atoms with E-state index in [1.807, 2.05) is 42.6 Å². The molecule has 3 aliphatic rings. The Morgan fingerprint density at radius 3 is 2.78 bits per heavy atom. The van der Waals surface area contributed by atoms with E-state index in [0.29, 0.717) is 22.5 Å². The average molecular weight is 569 g/mol. The van der Waals surface area contributed by atoms with E-state index >= 15 is 0 Å². The van der Waals surface area contributed by atoms with Crippen molar-refractivity contribution in [3.05, 3.63) is 94.3 Å². The van der Waals surface area contributed by atoms with Crippen LogP contribution >= 0.6 is 11.6 Å². The second-order valence-electron chi connectivity index (χ2n) is 12.0. The number of hydrogen-bond acceptors (Lipinski definition) is 5.